The second-order valence-electron chi connectivity index (χ2n) is 6.71. The van der Waals surface area contributed by atoms with Crippen LogP contribution in [0.3, 0.4) is 0 Å². The molecule has 0 radical (unpaired) electrons. The van der Waals surface area contributed by atoms with Crippen molar-refractivity contribution >= 4 is 86.0 Å². The first-order valence-corrected chi connectivity index (χ1v) is 11.9. The Labute approximate surface area is 174 Å². The summed E-state index contributed by atoms with van der Waals surface area (Å²) in [7, 11) is 3.65. The monoisotopic (exact) mass is 440 g/mol. The molecule has 0 saturated heterocycles. The number of aryl methyl sites for hydroxylation is 2. The quantitative estimate of drug-likeness (QED) is 0.334. The number of hydrogen-bond acceptors (Lipinski definition) is 6. The van der Waals surface area contributed by atoms with Gasteiger partial charge in [-0.2, -0.15) is 0 Å². The summed E-state index contributed by atoms with van der Waals surface area (Å²) in [5.41, 5.74) is 2.00. The van der Waals surface area contributed by atoms with Gasteiger partial charge in [0.15, 0.2) is 0 Å². The average Bonchev–Trinajstić information content (AvgIpc) is 3.45. The number of thiophene rings is 4. The second-order valence-corrected chi connectivity index (χ2v) is 10.6. The van der Waals surface area contributed by atoms with Crippen molar-refractivity contribution in [3.63, 3.8) is 0 Å². The Balaban J connectivity index is 1.71. The van der Waals surface area contributed by atoms with E-state index in [9.17, 15) is 9.59 Å². The molecule has 0 fully saturated rings. The van der Waals surface area contributed by atoms with E-state index in [0.29, 0.717) is 0 Å². The highest BCUT2D eigenvalue weighted by molar-refractivity contribution is 7.32. The fourth-order valence-corrected chi connectivity index (χ4v) is 8.29. The van der Waals surface area contributed by atoms with Gasteiger partial charge in [0.1, 0.15) is 0 Å². The molecule has 138 valence electrons. The Bertz CT molecular complexity index is 1560. The van der Waals surface area contributed by atoms with Gasteiger partial charge in [-0.15, -0.1) is 45.3 Å². The van der Waals surface area contributed by atoms with Gasteiger partial charge >= 0.3 is 0 Å². The van der Waals surface area contributed by atoms with Crippen LogP contribution >= 0.6 is 45.3 Å². The second kappa shape index (κ2) is 5.64. The smallest absolute Gasteiger partial charge is 0.259 e. The molecule has 0 N–H and O–H groups in total. The van der Waals surface area contributed by atoms with Crippen LogP contribution in [0, 0.1) is 0 Å². The molecule has 6 aromatic heterocycles. The van der Waals surface area contributed by atoms with Gasteiger partial charge in [-0.3, -0.25) is 9.59 Å². The third-order valence-electron chi connectivity index (χ3n) is 5.20. The van der Waals surface area contributed by atoms with Crippen molar-refractivity contribution in [1.82, 2.24) is 9.13 Å². The third kappa shape index (κ3) is 2.03. The molecule has 6 rings (SSSR count). The zero-order valence-electron chi connectivity index (χ0n) is 14.8. The van der Waals surface area contributed by atoms with E-state index in [-0.39, 0.29) is 11.1 Å². The summed E-state index contributed by atoms with van der Waals surface area (Å²) in [5, 5.41) is 5.56. The summed E-state index contributed by atoms with van der Waals surface area (Å²) < 4.78 is 7.81. The maximum Gasteiger partial charge on any atom is 0.259 e. The van der Waals surface area contributed by atoms with Gasteiger partial charge in [0, 0.05) is 23.8 Å². The number of fused-ring (bicyclic) bond motifs is 6. The highest BCUT2D eigenvalue weighted by atomic mass is 32.1. The minimum Gasteiger partial charge on any atom is -0.310 e. The van der Waals surface area contributed by atoms with Gasteiger partial charge < -0.3 is 9.13 Å². The molecular weight excluding hydrogens is 429 g/mol. The molecule has 8 heteroatoms. The predicted octanol–water partition coefficient (Wildman–Crippen LogP) is 5.61. The zero-order chi connectivity index (χ0) is 19.2. The molecule has 0 spiro atoms. The molecule has 28 heavy (non-hydrogen) atoms. The molecule has 4 nitrogen and oxygen atoms in total. The number of pyridine rings is 2. The van der Waals surface area contributed by atoms with E-state index in [1.54, 1.807) is 54.5 Å². The first-order chi connectivity index (χ1) is 13.5. The Morgan fingerprint density at radius 3 is 1.54 bits per heavy atom. The minimum atomic E-state index is 0.0288. The third-order valence-corrected chi connectivity index (χ3v) is 9.80. The van der Waals surface area contributed by atoms with Crippen LogP contribution in [0.1, 0.15) is 0 Å². The van der Waals surface area contributed by atoms with E-state index in [4.69, 9.17) is 0 Å². The van der Waals surface area contributed by atoms with E-state index in [2.05, 4.69) is 0 Å². The van der Waals surface area contributed by atoms with Crippen LogP contribution in [-0.2, 0) is 14.1 Å². The first kappa shape index (κ1) is 16.7. The normalized spacial score (nSPS) is 12.2. The lowest BCUT2D eigenvalue weighted by Gasteiger charge is -2.00. The molecule has 6 heterocycles. The lowest BCUT2D eigenvalue weighted by atomic mass is 10.2. The van der Waals surface area contributed by atoms with Gasteiger partial charge in [0.2, 0.25) is 0 Å². The summed E-state index contributed by atoms with van der Waals surface area (Å²) in [6.45, 7) is 0. The standard InChI is InChI=1S/C20H12N2O2S4/c1-21-11-3-5-25-17(11)15-9(19(21)23)7-13(27-15)14-8-10-16(28-14)18-12(4-6-26-18)22(2)20(10)24/h3-8H,1-2H3. The van der Waals surface area contributed by atoms with Gasteiger partial charge in [-0.25, -0.2) is 0 Å². The largest absolute Gasteiger partial charge is 0.310 e. The molecule has 0 bridgehead atoms. The van der Waals surface area contributed by atoms with Crippen LogP contribution in [0.5, 0.6) is 0 Å². The Morgan fingerprint density at radius 1 is 0.679 bits per heavy atom. The Kier molecular flexibility index (Phi) is 3.36. The maximum absolute atomic E-state index is 12.8. The lowest BCUT2D eigenvalue weighted by Crippen LogP contribution is -2.15. The van der Waals surface area contributed by atoms with Gasteiger partial charge in [0.05, 0.1) is 40.6 Å². The number of hydrogen-bond donors (Lipinski definition) is 0. The first-order valence-electron chi connectivity index (χ1n) is 8.54. The highest BCUT2D eigenvalue weighted by Crippen LogP contribution is 2.43. The lowest BCUT2D eigenvalue weighted by molar-refractivity contribution is 0.921. The summed E-state index contributed by atoms with van der Waals surface area (Å²) in [4.78, 5) is 27.7. The van der Waals surface area contributed by atoms with E-state index < -0.39 is 0 Å². The molecular formula is C20H12N2O2S4. The van der Waals surface area contributed by atoms with Crippen molar-refractivity contribution < 1.29 is 0 Å². The van der Waals surface area contributed by atoms with Gasteiger partial charge in [0.25, 0.3) is 11.1 Å². The van der Waals surface area contributed by atoms with Crippen molar-refractivity contribution in [1.29, 1.82) is 0 Å². The van der Waals surface area contributed by atoms with Crippen LogP contribution in [-0.4, -0.2) is 9.13 Å². The fourth-order valence-electron chi connectivity index (χ4n) is 3.73. The molecule has 0 aromatic carbocycles. The predicted molar refractivity (Wildman–Crippen MR) is 124 cm³/mol. The van der Waals surface area contributed by atoms with Crippen molar-refractivity contribution in [2.24, 2.45) is 14.1 Å². The van der Waals surface area contributed by atoms with Crippen LogP contribution < -0.4 is 11.1 Å². The van der Waals surface area contributed by atoms with E-state index in [0.717, 1.165) is 50.4 Å². The van der Waals surface area contributed by atoms with Crippen molar-refractivity contribution in [3.8, 4) is 9.75 Å². The number of rotatable bonds is 1. The van der Waals surface area contributed by atoms with E-state index in [1.165, 1.54) is 0 Å². The SMILES string of the molecule is Cn1c(=O)c2cc(-c3cc4c(=O)n(C)c5ccsc5c4s3)sc2c2sccc21. The molecule has 0 aliphatic heterocycles. The van der Waals surface area contributed by atoms with E-state index >= 15 is 0 Å². The van der Waals surface area contributed by atoms with Crippen LogP contribution in [0.15, 0.2) is 44.6 Å². The van der Waals surface area contributed by atoms with Crippen molar-refractivity contribution in [2.45, 2.75) is 0 Å². The van der Waals surface area contributed by atoms with Crippen molar-refractivity contribution in [3.05, 3.63) is 55.7 Å². The summed E-state index contributed by atoms with van der Waals surface area (Å²) >= 11 is 6.61. The zero-order valence-corrected chi connectivity index (χ0v) is 18.1. The van der Waals surface area contributed by atoms with Crippen LogP contribution in [0.2, 0.25) is 0 Å². The molecule has 0 unspecified atom stereocenters. The summed E-state index contributed by atoms with van der Waals surface area (Å²) in [5.74, 6) is 0. The Hall–Kier alpha value is -2.26. The van der Waals surface area contributed by atoms with Gasteiger partial charge in [-0.05, 0) is 35.0 Å². The molecule has 0 aliphatic carbocycles. The molecule has 0 atom stereocenters. The van der Waals surface area contributed by atoms with Crippen molar-refractivity contribution in [2.75, 3.05) is 0 Å². The topological polar surface area (TPSA) is 44.0 Å². The molecule has 0 amide bonds. The average molecular weight is 441 g/mol. The van der Waals surface area contributed by atoms with Crippen LogP contribution in [0.4, 0.5) is 0 Å². The number of nitrogens with zero attached hydrogens (tertiary/aromatic N) is 2. The summed E-state index contributed by atoms with van der Waals surface area (Å²) in [6, 6.07) is 7.97. The number of aromatic nitrogens is 2. The van der Waals surface area contributed by atoms with E-state index in [1.807, 2.05) is 49.1 Å². The molecule has 0 aliphatic rings. The molecule has 0 saturated carbocycles. The highest BCUT2D eigenvalue weighted by Gasteiger charge is 2.18. The Morgan fingerprint density at radius 2 is 1.11 bits per heavy atom. The maximum atomic E-state index is 12.8. The van der Waals surface area contributed by atoms with Gasteiger partial charge in [-0.1, -0.05) is 0 Å². The molecule has 6 aromatic rings. The fraction of sp³-hybridized carbons (Fsp3) is 0.100. The van der Waals surface area contributed by atoms with Crippen LogP contribution in [0.25, 0.3) is 50.4 Å². The minimum absolute atomic E-state index is 0.0288. The summed E-state index contributed by atoms with van der Waals surface area (Å²) in [6.07, 6.45) is 0.